The fourth-order valence-corrected chi connectivity index (χ4v) is 0.965. The Morgan fingerprint density at radius 3 is 2.46 bits per heavy atom. The van der Waals surface area contributed by atoms with E-state index in [0.717, 1.165) is 6.42 Å². The highest BCUT2D eigenvalue weighted by molar-refractivity contribution is 4.59. The van der Waals surface area contributed by atoms with Crippen LogP contribution in [0.1, 0.15) is 19.8 Å². The molecule has 0 amide bonds. The zero-order valence-corrected chi connectivity index (χ0v) is 7.82. The SMILES string of the molecule is CC(CCN)CNCCC(F)(F)F. The lowest BCUT2D eigenvalue weighted by Crippen LogP contribution is -2.26. The third-order valence-corrected chi connectivity index (χ3v) is 1.74. The van der Waals surface area contributed by atoms with Crippen LogP contribution in [0.5, 0.6) is 0 Å². The van der Waals surface area contributed by atoms with Crippen molar-refractivity contribution in [2.45, 2.75) is 25.9 Å². The fourth-order valence-electron chi connectivity index (χ4n) is 0.965. The van der Waals surface area contributed by atoms with Crippen molar-refractivity contribution >= 4 is 0 Å². The van der Waals surface area contributed by atoms with Gasteiger partial charge in [0, 0.05) is 6.54 Å². The first-order valence-corrected chi connectivity index (χ1v) is 4.43. The summed E-state index contributed by atoms with van der Waals surface area (Å²) in [7, 11) is 0. The number of rotatable bonds is 6. The number of hydrogen-bond acceptors (Lipinski definition) is 2. The lowest BCUT2D eigenvalue weighted by molar-refractivity contribution is -0.133. The summed E-state index contributed by atoms with van der Waals surface area (Å²) in [6.07, 6.45) is -3.97. The predicted octanol–water partition coefficient (Wildman–Crippen LogP) is 1.51. The van der Waals surface area contributed by atoms with Crippen LogP contribution in [-0.2, 0) is 0 Å². The fraction of sp³-hybridized carbons (Fsp3) is 1.00. The van der Waals surface area contributed by atoms with Gasteiger partial charge in [-0.1, -0.05) is 6.92 Å². The van der Waals surface area contributed by atoms with Crippen molar-refractivity contribution in [3.8, 4) is 0 Å². The Morgan fingerprint density at radius 2 is 2.00 bits per heavy atom. The number of halogens is 3. The molecule has 0 aliphatic rings. The Bertz CT molecular complexity index is 125. The molecule has 0 saturated heterocycles. The monoisotopic (exact) mass is 198 g/mol. The smallest absolute Gasteiger partial charge is 0.330 e. The molecule has 5 heteroatoms. The molecule has 0 fully saturated rings. The highest BCUT2D eigenvalue weighted by atomic mass is 19.4. The average Bonchev–Trinajstić information content (AvgIpc) is 1.97. The van der Waals surface area contributed by atoms with Crippen LogP contribution in [0.25, 0.3) is 0 Å². The number of nitrogens with one attached hydrogen (secondary N) is 1. The first-order valence-electron chi connectivity index (χ1n) is 4.43. The van der Waals surface area contributed by atoms with Gasteiger partial charge in [0.25, 0.3) is 0 Å². The quantitative estimate of drug-likeness (QED) is 0.635. The van der Waals surface area contributed by atoms with Crippen LogP contribution in [-0.4, -0.2) is 25.8 Å². The maximum Gasteiger partial charge on any atom is 0.390 e. The van der Waals surface area contributed by atoms with E-state index < -0.39 is 12.6 Å². The van der Waals surface area contributed by atoms with Gasteiger partial charge >= 0.3 is 6.18 Å². The van der Waals surface area contributed by atoms with Gasteiger partial charge in [0.15, 0.2) is 0 Å². The van der Waals surface area contributed by atoms with E-state index in [0.29, 0.717) is 19.0 Å². The van der Waals surface area contributed by atoms with E-state index in [1.807, 2.05) is 6.92 Å². The second-order valence-electron chi connectivity index (χ2n) is 3.25. The van der Waals surface area contributed by atoms with Crippen molar-refractivity contribution in [2.24, 2.45) is 11.7 Å². The molecule has 13 heavy (non-hydrogen) atoms. The summed E-state index contributed by atoms with van der Waals surface area (Å²) in [4.78, 5) is 0. The highest BCUT2D eigenvalue weighted by Gasteiger charge is 2.25. The molecule has 0 radical (unpaired) electrons. The lowest BCUT2D eigenvalue weighted by Gasteiger charge is -2.12. The summed E-state index contributed by atoms with van der Waals surface area (Å²) < 4.78 is 35.0. The van der Waals surface area contributed by atoms with Crippen molar-refractivity contribution in [2.75, 3.05) is 19.6 Å². The molecule has 0 heterocycles. The zero-order chi connectivity index (χ0) is 10.3. The van der Waals surface area contributed by atoms with Crippen LogP contribution in [0.3, 0.4) is 0 Å². The molecule has 3 N–H and O–H groups in total. The minimum absolute atomic E-state index is 0.00158. The maximum atomic E-state index is 11.7. The lowest BCUT2D eigenvalue weighted by atomic mass is 10.1. The second kappa shape index (κ2) is 6.21. The zero-order valence-electron chi connectivity index (χ0n) is 7.82. The van der Waals surface area contributed by atoms with Gasteiger partial charge in [0.1, 0.15) is 0 Å². The highest BCUT2D eigenvalue weighted by Crippen LogP contribution is 2.18. The van der Waals surface area contributed by atoms with Crippen molar-refractivity contribution in [1.82, 2.24) is 5.32 Å². The summed E-state index contributed by atoms with van der Waals surface area (Å²) in [5.41, 5.74) is 5.30. The molecule has 0 aliphatic heterocycles. The van der Waals surface area contributed by atoms with E-state index in [1.54, 1.807) is 0 Å². The van der Waals surface area contributed by atoms with E-state index in [-0.39, 0.29) is 6.54 Å². The predicted molar refractivity (Wildman–Crippen MR) is 46.4 cm³/mol. The number of alkyl halides is 3. The second-order valence-corrected chi connectivity index (χ2v) is 3.25. The summed E-state index contributed by atoms with van der Waals surface area (Å²) in [5, 5.41) is 2.75. The Morgan fingerprint density at radius 1 is 1.38 bits per heavy atom. The summed E-state index contributed by atoms with van der Waals surface area (Å²) in [5.74, 6) is 0.346. The standard InChI is InChI=1S/C8H17F3N2/c1-7(2-4-12)6-13-5-3-8(9,10)11/h7,13H,2-6,12H2,1H3. The Kier molecular flexibility index (Phi) is 6.07. The van der Waals surface area contributed by atoms with Gasteiger partial charge in [0.2, 0.25) is 0 Å². The molecule has 80 valence electrons. The summed E-state index contributed by atoms with van der Waals surface area (Å²) in [6.45, 7) is 3.15. The van der Waals surface area contributed by atoms with Crippen LogP contribution in [0.2, 0.25) is 0 Å². The van der Waals surface area contributed by atoms with Gasteiger partial charge < -0.3 is 11.1 Å². The molecule has 0 aromatic heterocycles. The molecule has 2 nitrogen and oxygen atoms in total. The Labute approximate surface area is 76.7 Å². The minimum atomic E-state index is -4.05. The van der Waals surface area contributed by atoms with Crippen LogP contribution in [0.4, 0.5) is 13.2 Å². The third-order valence-electron chi connectivity index (χ3n) is 1.74. The number of hydrogen-bond donors (Lipinski definition) is 2. The Hall–Kier alpha value is -0.290. The van der Waals surface area contributed by atoms with Gasteiger partial charge in [-0.15, -0.1) is 0 Å². The van der Waals surface area contributed by atoms with Crippen LogP contribution in [0, 0.1) is 5.92 Å². The molecular formula is C8H17F3N2. The van der Waals surface area contributed by atoms with Gasteiger partial charge in [-0.2, -0.15) is 13.2 Å². The van der Waals surface area contributed by atoms with Gasteiger partial charge in [-0.25, -0.2) is 0 Å². The van der Waals surface area contributed by atoms with Gasteiger partial charge in [0.05, 0.1) is 6.42 Å². The minimum Gasteiger partial charge on any atom is -0.330 e. The van der Waals surface area contributed by atoms with E-state index in [9.17, 15) is 13.2 Å². The van der Waals surface area contributed by atoms with E-state index >= 15 is 0 Å². The van der Waals surface area contributed by atoms with Crippen LogP contribution in [0.15, 0.2) is 0 Å². The van der Waals surface area contributed by atoms with Gasteiger partial charge in [-0.05, 0) is 25.4 Å². The maximum absolute atomic E-state index is 11.7. The van der Waals surface area contributed by atoms with Crippen molar-refractivity contribution < 1.29 is 13.2 Å². The van der Waals surface area contributed by atoms with E-state index in [1.165, 1.54) is 0 Å². The van der Waals surface area contributed by atoms with Crippen molar-refractivity contribution in [3.05, 3.63) is 0 Å². The van der Waals surface area contributed by atoms with Crippen molar-refractivity contribution in [1.29, 1.82) is 0 Å². The first-order chi connectivity index (χ1) is 5.95. The summed E-state index contributed by atoms with van der Waals surface area (Å²) >= 11 is 0. The topological polar surface area (TPSA) is 38.0 Å². The molecule has 0 saturated carbocycles. The molecule has 0 bridgehead atoms. The third kappa shape index (κ3) is 9.63. The number of nitrogens with two attached hydrogens (primary N) is 1. The largest absolute Gasteiger partial charge is 0.390 e. The van der Waals surface area contributed by atoms with Crippen molar-refractivity contribution in [3.63, 3.8) is 0 Å². The molecule has 0 spiro atoms. The van der Waals surface area contributed by atoms with Gasteiger partial charge in [-0.3, -0.25) is 0 Å². The molecule has 1 unspecified atom stereocenters. The van der Waals surface area contributed by atoms with Crippen LogP contribution >= 0.6 is 0 Å². The molecule has 0 aromatic rings. The normalized spacial score (nSPS) is 14.5. The molecule has 0 rings (SSSR count). The molecule has 0 aromatic carbocycles. The molecule has 0 aliphatic carbocycles. The van der Waals surface area contributed by atoms with E-state index in [2.05, 4.69) is 5.32 Å². The average molecular weight is 198 g/mol. The Balaban J connectivity index is 3.25. The van der Waals surface area contributed by atoms with E-state index in [4.69, 9.17) is 5.73 Å². The molecule has 1 atom stereocenters. The first kappa shape index (κ1) is 12.7. The molecular weight excluding hydrogens is 181 g/mol. The summed E-state index contributed by atoms with van der Waals surface area (Å²) in [6, 6.07) is 0. The van der Waals surface area contributed by atoms with Crippen LogP contribution < -0.4 is 11.1 Å².